The average Bonchev–Trinajstić information content (AvgIpc) is 2.68. The SMILES string of the molecule is CCc1ccc(Nc2cc(C)ncn2)cc1NC(=O)/C=C/c1ccccc1Cl. The number of halogens is 1. The summed E-state index contributed by atoms with van der Waals surface area (Å²) < 4.78 is 0. The second-order valence-electron chi connectivity index (χ2n) is 6.24. The number of hydrogen-bond acceptors (Lipinski definition) is 4. The molecule has 5 nitrogen and oxygen atoms in total. The fourth-order valence-electron chi connectivity index (χ4n) is 2.70. The summed E-state index contributed by atoms with van der Waals surface area (Å²) in [6, 6.07) is 15.1. The molecule has 142 valence electrons. The van der Waals surface area contributed by atoms with E-state index in [1.54, 1.807) is 12.1 Å². The van der Waals surface area contributed by atoms with Crippen molar-refractivity contribution >= 4 is 40.8 Å². The minimum absolute atomic E-state index is 0.218. The number of amides is 1. The molecule has 3 aromatic rings. The van der Waals surface area contributed by atoms with Crippen molar-refractivity contribution in [1.29, 1.82) is 0 Å². The van der Waals surface area contributed by atoms with E-state index in [0.29, 0.717) is 10.8 Å². The molecule has 0 atom stereocenters. The Morgan fingerprint density at radius 3 is 2.71 bits per heavy atom. The summed E-state index contributed by atoms with van der Waals surface area (Å²) in [6.07, 6.45) is 5.50. The molecule has 1 heterocycles. The van der Waals surface area contributed by atoms with Crippen molar-refractivity contribution in [2.75, 3.05) is 10.6 Å². The molecule has 0 radical (unpaired) electrons. The minimum atomic E-state index is -0.218. The number of aryl methyl sites for hydroxylation is 2. The molecular weight excluding hydrogens is 372 g/mol. The molecule has 0 aliphatic rings. The third kappa shape index (κ3) is 5.18. The number of carbonyl (C=O) groups is 1. The fraction of sp³-hybridized carbons (Fsp3) is 0.136. The lowest BCUT2D eigenvalue weighted by Crippen LogP contribution is -2.10. The van der Waals surface area contributed by atoms with Gasteiger partial charge in [0.2, 0.25) is 5.91 Å². The van der Waals surface area contributed by atoms with E-state index < -0.39 is 0 Å². The Morgan fingerprint density at radius 1 is 1.14 bits per heavy atom. The highest BCUT2D eigenvalue weighted by atomic mass is 35.5. The Kier molecular flexibility index (Phi) is 6.40. The summed E-state index contributed by atoms with van der Waals surface area (Å²) in [5.74, 6) is 0.484. The van der Waals surface area contributed by atoms with Crippen LogP contribution in [0.3, 0.4) is 0 Å². The zero-order valence-corrected chi connectivity index (χ0v) is 16.5. The highest BCUT2D eigenvalue weighted by Gasteiger charge is 2.07. The van der Waals surface area contributed by atoms with Gasteiger partial charge < -0.3 is 10.6 Å². The summed E-state index contributed by atoms with van der Waals surface area (Å²) in [5, 5.41) is 6.79. The lowest BCUT2D eigenvalue weighted by Gasteiger charge is -2.12. The predicted octanol–water partition coefficient (Wildman–Crippen LogP) is 5.40. The second kappa shape index (κ2) is 9.15. The molecule has 0 saturated carbocycles. The predicted molar refractivity (Wildman–Crippen MR) is 115 cm³/mol. The van der Waals surface area contributed by atoms with Gasteiger partial charge in [0.1, 0.15) is 12.1 Å². The van der Waals surface area contributed by atoms with Gasteiger partial charge in [0.25, 0.3) is 0 Å². The Hall–Kier alpha value is -3.18. The standard InChI is InChI=1S/C22H21ClN4O/c1-3-16-8-10-18(26-21-12-15(2)24-14-25-21)13-20(16)27-22(28)11-9-17-6-4-5-7-19(17)23/h4-14H,3H2,1-2H3,(H,27,28)(H,24,25,26)/b11-9+. The van der Waals surface area contributed by atoms with Gasteiger partial charge in [0, 0.05) is 34.2 Å². The van der Waals surface area contributed by atoms with Crippen LogP contribution < -0.4 is 10.6 Å². The molecule has 1 aromatic heterocycles. The molecule has 2 N–H and O–H groups in total. The van der Waals surface area contributed by atoms with E-state index in [0.717, 1.165) is 34.6 Å². The maximum absolute atomic E-state index is 12.4. The fourth-order valence-corrected chi connectivity index (χ4v) is 2.90. The molecule has 0 saturated heterocycles. The van der Waals surface area contributed by atoms with Gasteiger partial charge in [-0.1, -0.05) is 42.8 Å². The third-order valence-corrected chi connectivity index (χ3v) is 4.49. The van der Waals surface area contributed by atoms with Crippen molar-refractivity contribution in [2.24, 2.45) is 0 Å². The topological polar surface area (TPSA) is 66.9 Å². The van der Waals surface area contributed by atoms with Crippen LogP contribution in [0.25, 0.3) is 6.08 Å². The monoisotopic (exact) mass is 392 g/mol. The van der Waals surface area contributed by atoms with E-state index in [9.17, 15) is 4.79 Å². The van der Waals surface area contributed by atoms with Crippen LogP contribution in [-0.2, 0) is 11.2 Å². The molecule has 2 aromatic carbocycles. The van der Waals surface area contributed by atoms with Gasteiger partial charge in [-0.3, -0.25) is 4.79 Å². The molecule has 0 spiro atoms. The molecule has 0 bridgehead atoms. The number of aromatic nitrogens is 2. The van der Waals surface area contributed by atoms with Crippen molar-refractivity contribution in [3.63, 3.8) is 0 Å². The van der Waals surface area contributed by atoms with Crippen LogP contribution in [0.15, 0.2) is 60.9 Å². The highest BCUT2D eigenvalue weighted by Crippen LogP contribution is 2.24. The first kappa shape index (κ1) is 19.6. The number of carbonyl (C=O) groups excluding carboxylic acids is 1. The van der Waals surface area contributed by atoms with E-state index >= 15 is 0 Å². The van der Waals surface area contributed by atoms with Gasteiger partial charge in [-0.05, 0) is 48.7 Å². The number of benzene rings is 2. The van der Waals surface area contributed by atoms with Crippen molar-refractivity contribution in [1.82, 2.24) is 9.97 Å². The van der Waals surface area contributed by atoms with Crippen molar-refractivity contribution in [2.45, 2.75) is 20.3 Å². The number of nitrogens with one attached hydrogen (secondary N) is 2. The second-order valence-corrected chi connectivity index (χ2v) is 6.65. The normalized spacial score (nSPS) is 10.8. The maximum Gasteiger partial charge on any atom is 0.248 e. The molecule has 0 aliphatic heterocycles. The van der Waals surface area contributed by atoms with Crippen LogP contribution in [0.4, 0.5) is 17.2 Å². The van der Waals surface area contributed by atoms with Crippen molar-refractivity contribution in [3.8, 4) is 0 Å². The summed E-state index contributed by atoms with van der Waals surface area (Å²) in [6.45, 7) is 3.95. The van der Waals surface area contributed by atoms with Gasteiger partial charge in [-0.25, -0.2) is 9.97 Å². The van der Waals surface area contributed by atoms with E-state index in [4.69, 9.17) is 11.6 Å². The lowest BCUT2D eigenvalue weighted by atomic mass is 10.1. The summed E-state index contributed by atoms with van der Waals surface area (Å²) in [5.41, 5.74) is 4.31. The Labute approximate surface area is 169 Å². The lowest BCUT2D eigenvalue weighted by molar-refractivity contribution is -0.111. The van der Waals surface area contributed by atoms with E-state index in [1.807, 2.05) is 56.3 Å². The summed E-state index contributed by atoms with van der Waals surface area (Å²) >= 11 is 6.12. The molecule has 3 rings (SSSR count). The molecule has 0 fully saturated rings. The Balaban J connectivity index is 1.76. The van der Waals surface area contributed by atoms with Crippen LogP contribution in [0.2, 0.25) is 5.02 Å². The maximum atomic E-state index is 12.4. The molecule has 0 unspecified atom stereocenters. The van der Waals surface area contributed by atoms with Crippen LogP contribution in [0.1, 0.15) is 23.7 Å². The molecule has 0 aliphatic carbocycles. The molecule has 28 heavy (non-hydrogen) atoms. The first-order valence-electron chi connectivity index (χ1n) is 8.97. The summed E-state index contributed by atoms with van der Waals surface area (Å²) in [7, 11) is 0. The van der Waals surface area contributed by atoms with Crippen molar-refractivity contribution in [3.05, 3.63) is 82.8 Å². The Morgan fingerprint density at radius 2 is 1.96 bits per heavy atom. The largest absolute Gasteiger partial charge is 0.340 e. The minimum Gasteiger partial charge on any atom is -0.340 e. The van der Waals surface area contributed by atoms with Crippen LogP contribution >= 0.6 is 11.6 Å². The van der Waals surface area contributed by atoms with E-state index in [-0.39, 0.29) is 5.91 Å². The third-order valence-electron chi connectivity index (χ3n) is 4.14. The van der Waals surface area contributed by atoms with Crippen molar-refractivity contribution < 1.29 is 4.79 Å². The smallest absolute Gasteiger partial charge is 0.248 e. The number of hydrogen-bond donors (Lipinski definition) is 2. The first-order chi connectivity index (χ1) is 13.5. The molecular formula is C22H21ClN4O. The molecule has 1 amide bonds. The quantitative estimate of drug-likeness (QED) is 0.551. The van der Waals surface area contributed by atoms with Gasteiger partial charge in [-0.15, -0.1) is 0 Å². The van der Waals surface area contributed by atoms with Gasteiger partial charge in [0.05, 0.1) is 0 Å². The van der Waals surface area contributed by atoms with E-state index in [2.05, 4.69) is 20.6 Å². The molecule has 6 heteroatoms. The zero-order chi connectivity index (χ0) is 19.9. The first-order valence-corrected chi connectivity index (χ1v) is 9.35. The van der Waals surface area contributed by atoms with Crippen LogP contribution in [0, 0.1) is 6.92 Å². The summed E-state index contributed by atoms with van der Waals surface area (Å²) in [4.78, 5) is 20.7. The number of rotatable bonds is 6. The van der Waals surface area contributed by atoms with Crippen LogP contribution in [0.5, 0.6) is 0 Å². The number of anilines is 3. The highest BCUT2D eigenvalue weighted by molar-refractivity contribution is 6.32. The zero-order valence-electron chi connectivity index (χ0n) is 15.7. The average molecular weight is 393 g/mol. The van der Waals surface area contributed by atoms with E-state index in [1.165, 1.54) is 12.4 Å². The number of nitrogens with zero attached hydrogens (tertiary/aromatic N) is 2. The van der Waals surface area contributed by atoms with Gasteiger partial charge >= 0.3 is 0 Å². The van der Waals surface area contributed by atoms with Crippen LogP contribution in [-0.4, -0.2) is 15.9 Å². The Bertz CT molecular complexity index is 1020. The van der Waals surface area contributed by atoms with Gasteiger partial charge in [0.15, 0.2) is 0 Å². The van der Waals surface area contributed by atoms with Gasteiger partial charge in [-0.2, -0.15) is 0 Å².